The topological polar surface area (TPSA) is 105 Å². The summed E-state index contributed by atoms with van der Waals surface area (Å²) in [5.41, 5.74) is 1.31. The molecule has 7 heteroatoms. The van der Waals surface area contributed by atoms with E-state index in [0.717, 1.165) is 5.56 Å². The molecule has 0 aliphatic rings. The first-order chi connectivity index (χ1) is 13.6. The number of benzene rings is 2. The summed E-state index contributed by atoms with van der Waals surface area (Å²) in [4.78, 5) is 35.1. The minimum atomic E-state index is -1.08. The van der Waals surface area contributed by atoms with E-state index < -0.39 is 24.0 Å². The molecule has 1 atom stereocenters. The molecule has 7 nitrogen and oxygen atoms in total. The van der Waals surface area contributed by atoms with Gasteiger partial charge in [0.1, 0.15) is 12.6 Å². The van der Waals surface area contributed by atoms with Gasteiger partial charge in [-0.2, -0.15) is 0 Å². The van der Waals surface area contributed by atoms with Crippen molar-refractivity contribution >= 4 is 18.0 Å². The molecule has 0 saturated carbocycles. The minimum Gasteiger partial charge on any atom is -0.480 e. The van der Waals surface area contributed by atoms with E-state index in [-0.39, 0.29) is 13.0 Å². The third-order valence-electron chi connectivity index (χ3n) is 4.04. The maximum Gasteiger partial charge on any atom is 0.407 e. The van der Waals surface area contributed by atoms with E-state index in [4.69, 9.17) is 4.74 Å². The summed E-state index contributed by atoms with van der Waals surface area (Å²) in [5.74, 6) is -1.50. The summed E-state index contributed by atoms with van der Waals surface area (Å²) in [6.45, 7) is 0.561. The number of unbranched alkanes of at least 4 members (excludes halogenated alkanes) is 1. The minimum absolute atomic E-state index is 0.194. The quantitative estimate of drug-likeness (QED) is 0.546. The van der Waals surface area contributed by atoms with Crippen molar-refractivity contribution in [3.05, 3.63) is 71.8 Å². The molecule has 0 bridgehead atoms. The van der Waals surface area contributed by atoms with Crippen LogP contribution in [0.1, 0.15) is 35.2 Å². The zero-order valence-corrected chi connectivity index (χ0v) is 15.5. The number of ether oxygens (including phenoxy) is 1. The van der Waals surface area contributed by atoms with Crippen LogP contribution in [0.25, 0.3) is 0 Å². The van der Waals surface area contributed by atoms with Crippen molar-refractivity contribution in [3.8, 4) is 0 Å². The van der Waals surface area contributed by atoms with Gasteiger partial charge in [-0.1, -0.05) is 48.5 Å². The number of aliphatic carboxylic acids is 1. The zero-order valence-electron chi connectivity index (χ0n) is 15.5. The number of hydrogen-bond acceptors (Lipinski definition) is 4. The summed E-state index contributed by atoms with van der Waals surface area (Å²) >= 11 is 0. The molecule has 0 spiro atoms. The summed E-state index contributed by atoms with van der Waals surface area (Å²) in [6.07, 6.45) is 0.862. The van der Waals surface area contributed by atoms with Gasteiger partial charge in [0, 0.05) is 12.1 Å². The van der Waals surface area contributed by atoms with Crippen LogP contribution in [0.5, 0.6) is 0 Å². The first-order valence-electron chi connectivity index (χ1n) is 9.09. The van der Waals surface area contributed by atoms with E-state index >= 15 is 0 Å². The third kappa shape index (κ3) is 7.49. The fourth-order valence-electron chi connectivity index (χ4n) is 2.53. The number of alkyl carbamates (subject to hydrolysis) is 1. The summed E-state index contributed by atoms with van der Waals surface area (Å²) in [7, 11) is 0. The summed E-state index contributed by atoms with van der Waals surface area (Å²) in [5, 5.41) is 14.4. The van der Waals surface area contributed by atoms with Crippen molar-refractivity contribution in [1.82, 2.24) is 10.6 Å². The Bertz CT molecular complexity index is 765. The van der Waals surface area contributed by atoms with Gasteiger partial charge in [-0.05, 0) is 37.0 Å². The molecule has 2 amide bonds. The molecule has 0 aromatic heterocycles. The zero-order chi connectivity index (χ0) is 20.2. The molecule has 0 fully saturated rings. The molecule has 2 rings (SSSR count). The lowest BCUT2D eigenvalue weighted by Crippen LogP contribution is -2.40. The van der Waals surface area contributed by atoms with Crippen LogP contribution in [0, 0.1) is 0 Å². The van der Waals surface area contributed by atoms with Crippen molar-refractivity contribution in [2.75, 3.05) is 6.54 Å². The maximum absolute atomic E-state index is 12.1. The second kappa shape index (κ2) is 11.4. The highest BCUT2D eigenvalue weighted by molar-refractivity contribution is 5.96. The van der Waals surface area contributed by atoms with Crippen LogP contribution in [0.4, 0.5) is 4.79 Å². The van der Waals surface area contributed by atoms with Gasteiger partial charge in [0.05, 0.1) is 0 Å². The number of carbonyl (C=O) groups is 3. The van der Waals surface area contributed by atoms with Crippen LogP contribution in [0.15, 0.2) is 60.7 Å². The molecular formula is C21H24N2O5. The Hall–Kier alpha value is -3.35. The second-order valence-electron chi connectivity index (χ2n) is 6.21. The standard InChI is InChI=1S/C21H24N2O5/c24-19(17-11-5-2-6-12-17)23-18(20(25)26)13-7-8-14-22-21(27)28-15-16-9-3-1-4-10-16/h1-6,9-12,18H,7-8,13-15H2,(H,22,27)(H,23,24)(H,25,26)/t18-/m0/s1. The SMILES string of the molecule is O=C(NCCCC[C@H](NC(=O)c1ccccc1)C(=O)O)OCc1ccccc1. The molecule has 0 radical (unpaired) electrons. The molecule has 0 heterocycles. The number of carboxylic acids is 1. The molecule has 0 aliphatic carbocycles. The molecule has 148 valence electrons. The molecule has 0 saturated heterocycles. The van der Waals surface area contributed by atoms with Crippen LogP contribution in [-0.2, 0) is 16.1 Å². The molecule has 0 aliphatic heterocycles. The predicted octanol–water partition coefficient (Wildman–Crippen LogP) is 2.97. The fourth-order valence-corrected chi connectivity index (χ4v) is 2.53. The van der Waals surface area contributed by atoms with E-state index in [9.17, 15) is 19.5 Å². The number of hydrogen-bond donors (Lipinski definition) is 3. The van der Waals surface area contributed by atoms with Crippen LogP contribution in [-0.4, -0.2) is 35.7 Å². The lowest BCUT2D eigenvalue weighted by Gasteiger charge is -2.14. The summed E-state index contributed by atoms with van der Waals surface area (Å²) in [6, 6.07) is 16.8. The van der Waals surface area contributed by atoms with Gasteiger partial charge in [-0.15, -0.1) is 0 Å². The Labute approximate surface area is 163 Å². The van der Waals surface area contributed by atoms with Gasteiger partial charge in [0.15, 0.2) is 0 Å². The molecule has 0 unspecified atom stereocenters. The Balaban J connectivity index is 1.64. The normalized spacial score (nSPS) is 11.3. The van der Waals surface area contributed by atoms with Crippen molar-refractivity contribution in [2.24, 2.45) is 0 Å². The van der Waals surface area contributed by atoms with Crippen LogP contribution >= 0.6 is 0 Å². The predicted molar refractivity (Wildman–Crippen MR) is 104 cm³/mol. The van der Waals surface area contributed by atoms with Crippen LogP contribution < -0.4 is 10.6 Å². The molecule has 2 aromatic rings. The van der Waals surface area contributed by atoms with E-state index in [1.165, 1.54) is 0 Å². The van der Waals surface area contributed by atoms with E-state index in [1.54, 1.807) is 30.3 Å². The third-order valence-corrected chi connectivity index (χ3v) is 4.04. The van der Waals surface area contributed by atoms with Gasteiger partial charge in [-0.3, -0.25) is 4.79 Å². The highest BCUT2D eigenvalue weighted by Gasteiger charge is 2.20. The fraction of sp³-hybridized carbons (Fsp3) is 0.286. The van der Waals surface area contributed by atoms with Gasteiger partial charge in [0.25, 0.3) is 5.91 Å². The van der Waals surface area contributed by atoms with E-state index in [0.29, 0.717) is 24.9 Å². The Morgan fingerprint density at radius 2 is 1.57 bits per heavy atom. The molecule has 2 aromatic carbocycles. The van der Waals surface area contributed by atoms with Crippen molar-refractivity contribution < 1.29 is 24.2 Å². The molecular weight excluding hydrogens is 360 g/mol. The second-order valence-corrected chi connectivity index (χ2v) is 6.21. The molecule has 28 heavy (non-hydrogen) atoms. The van der Waals surface area contributed by atoms with Crippen LogP contribution in [0.3, 0.4) is 0 Å². The Morgan fingerprint density at radius 3 is 2.21 bits per heavy atom. The Kier molecular flexibility index (Phi) is 8.52. The first-order valence-corrected chi connectivity index (χ1v) is 9.09. The van der Waals surface area contributed by atoms with Gasteiger partial charge >= 0.3 is 12.1 Å². The van der Waals surface area contributed by atoms with E-state index in [1.807, 2.05) is 30.3 Å². The molecule has 3 N–H and O–H groups in total. The lowest BCUT2D eigenvalue weighted by molar-refractivity contribution is -0.139. The number of carbonyl (C=O) groups excluding carboxylic acids is 2. The number of carboxylic acid groups (broad SMARTS) is 1. The number of amides is 2. The number of nitrogens with one attached hydrogen (secondary N) is 2. The smallest absolute Gasteiger partial charge is 0.407 e. The lowest BCUT2D eigenvalue weighted by atomic mass is 10.1. The largest absolute Gasteiger partial charge is 0.480 e. The van der Waals surface area contributed by atoms with Crippen molar-refractivity contribution in [1.29, 1.82) is 0 Å². The van der Waals surface area contributed by atoms with E-state index in [2.05, 4.69) is 10.6 Å². The Morgan fingerprint density at radius 1 is 0.929 bits per heavy atom. The average molecular weight is 384 g/mol. The van der Waals surface area contributed by atoms with Crippen molar-refractivity contribution in [2.45, 2.75) is 31.9 Å². The van der Waals surface area contributed by atoms with Crippen molar-refractivity contribution in [3.63, 3.8) is 0 Å². The van der Waals surface area contributed by atoms with Gasteiger partial charge in [-0.25, -0.2) is 9.59 Å². The monoisotopic (exact) mass is 384 g/mol. The number of rotatable bonds is 10. The van der Waals surface area contributed by atoms with Gasteiger partial charge in [0.2, 0.25) is 0 Å². The maximum atomic E-state index is 12.1. The first kappa shape index (κ1) is 21.0. The van der Waals surface area contributed by atoms with Crippen LogP contribution in [0.2, 0.25) is 0 Å². The highest BCUT2D eigenvalue weighted by atomic mass is 16.5. The highest BCUT2D eigenvalue weighted by Crippen LogP contribution is 2.05. The average Bonchev–Trinajstić information content (AvgIpc) is 2.72. The van der Waals surface area contributed by atoms with Gasteiger partial charge < -0.3 is 20.5 Å². The summed E-state index contributed by atoms with van der Waals surface area (Å²) < 4.78 is 5.09.